The Hall–Kier alpha value is -6.44. The summed E-state index contributed by atoms with van der Waals surface area (Å²) in [7, 11) is 0. The molecular formula is C48H33N. The summed E-state index contributed by atoms with van der Waals surface area (Å²) in [5.74, 6) is 0. The van der Waals surface area contributed by atoms with Gasteiger partial charge in [0.15, 0.2) is 0 Å². The Labute approximate surface area is 287 Å². The smallest absolute Gasteiger partial charge is 0.0462 e. The van der Waals surface area contributed by atoms with Gasteiger partial charge in [-0.25, -0.2) is 0 Å². The number of nitrogens with zero attached hydrogens (tertiary/aromatic N) is 1. The molecule has 0 unspecified atom stereocenters. The van der Waals surface area contributed by atoms with Crippen molar-refractivity contribution >= 4 is 49.4 Å². The molecule has 0 radical (unpaired) electrons. The second-order valence-corrected chi connectivity index (χ2v) is 12.6. The van der Waals surface area contributed by atoms with Crippen LogP contribution in [0.5, 0.6) is 0 Å². The number of hydrogen-bond acceptors (Lipinski definition) is 1. The van der Waals surface area contributed by atoms with Crippen LogP contribution in [0.4, 0.5) is 17.1 Å². The van der Waals surface area contributed by atoms with Gasteiger partial charge >= 0.3 is 0 Å². The molecule has 49 heavy (non-hydrogen) atoms. The van der Waals surface area contributed by atoms with Crippen LogP contribution in [-0.4, -0.2) is 0 Å². The van der Waals surface area contributed by atoms with E-state index < -0.39 is 0 Å². The maximum Gasteiger partial charge on any atom is 0.0462 e. The first kappa shape index (κ1) is 28.8. The van der Waals surface area contributed by atoms with Gasteiger partial charge < -0.3 is 4.90 Å². The maximum absolute atomic E-state index is 2.37. The Morgan fingerprint density at radius 2 is 0.551 bits per heavy atom. The van der Waals surface area contributed by atoms with E-state index in [4.69, 9.17) is 0 Å². The molecule has 9 rings (SSSR count). The molecule has 0 saturated carbocycles. The van der Waals surface area contributed by atoms with Crippen LogP contribution in [-0.2, 0) is 0 Å². The predicted octanol–water partition coefficient (Wildman–Crippen LogP) is 13.6. The molecule has 0 fully saturated rings. The first-order valence-corrected chi connectivity index (χ1v) is 16.8. The summed E-state index contributed by atoms with van der Waals surface area (Å²) in [6.45, 7) is 0. The van der Waals surface area contributed by atoms with Crippen molar-refractivity contribution in [3.8, 4) is 33.4 Å². The van der Waals surface area contributed by atoms with Crippen LogP contribution in [0.3, 0.4) is 0 Å². The highest BCUT2D eigenvalue weighted by molar-refractivity contribution is 6.26. The van der Waals surface area contributed by atoms with E-state index >= 15 is 0 Å². The van der Waals surface area contributed by atoms with Gasteiger partial charge in [0.05, 0.1) is 0 Å². The van der Waals surface area contributed by atoms with Crippen molar-refractivity contribution in [2.45, 2.75) is 0 Å². The lowest BCUT2D eigenvalue weighted by Crippen LogP contribution is -2.09. The fourth-order valence-corrected chi connectivity index (χ4v) is 7.23. The molecule has 0 spiro atoms. The fraction of sp³-hybridized carbons (Fsp3) is 0. The third kappa shape index (κ3) is 5.32. The van der Waals surface area contributed by atoms with Crippen molar-refractivity contribution < 1.29 is 0 Å². The molecule has 0 aliphatic rings. The van der Waals surface area contributed by atoms with Gasteiger partial charge in [0, 0.05) is 17.1 Å². The molecule has 0 bridgehead atoms. The first-order chi connectivity index (χ1) is 24.3. The molecule has 0 atom stereocenters. The van der Waals surface area contributed by atoms with Crippen molar-refractivity contribution in [3.63, 3.8) is 0 Å². The summed E-state index contributed by atoms with van der Waals surface area (Å²) in [5, 5.41) is 7.67. The van der Waals surface area contributed by atoms with Crippen LogP contribution in [0.15, 0.2) is 200 Å². The normalized spacial score (nSPS) is 11.3. The Bertz CT molecular complexity index is 2510. The van der Waals surface area contributed by atoms with Gasteiger partial charge in [-0.3, -0.25) is 0 Å². The number of para-hydroxylation sites is 2. The first-order valence-electron chi connectivity index (χ1n) is 16.8. The summed E-state index contributed by atoms with van der Waals surface area (Å²) < 4.78 is 0. The van der Waals surface area contributed by atoms with Crippen LogP contribution < -0.4 is 4.90 Å². The van der Waals surface area contributed by atoms with Gasteiger partial charge in [-0.15, -0.1) is 0 Å². The van der Waals surface area contributed by atoms with E-state index in [-0.39, 0.29) is 0 Å². The second kappa shape index (κ2) is 12.3. The average Bonchev–Trinajstić information content (AvgIpc) is 3.19. The van der Waals surface area contributed by atoms with Gasteiger partial charge in [-0.05, 0) is 120 Å². The number of anilines is 3. The highest BCUT2D eigenvalue weighted by Gasteiger charge is 2.14. The van der Waals surface area contributed by atoms with Crippen LogP contribution in [0.1, 0.15) is 0 Å². The van der Waals surface area contributed by atoms with E-state index in [2.05, 4.69) is 205 Å². The zero-order valence-electron chi connectivity index (χ0n) is 27.0. The molecule has 230 valence electrons. The van der Waals surface area contributed by atoms with Gasteiger partial charge in [-0.1, -0.05) is 146 Å². The van der Waals surface area contributed by atoms with E-state index in [9.17, 15) is 0 Å². The lowest BCUT2D eigenvalue weighted by molar-refractivity contribution is 1.28. The number of rotatable bonds is 6. The summed E-state index contributed by atoms with van der Waals surface area (Å²) in [6, 6.07) is 72.3. The van der Waals surface area contributed by atoms with Crippen molar-refractivity contribution in [1.82, 2.24) is 0 Å². The van der Waals surface area contributed by atoms with Gasteiger partial charge in [0.2, 0.25) is 0 Å². The van der Waals surface area contributed by atoms with Crippen molar-refractivity contribution in [3.05, 3.63) is 200 Å². The van der Waals surface area contributed by atoms with Crippen LogP contribution in [0.2, 0.25) is 0 Å². The van der Waals surface area contributed by atoms with Gasteiger partial charge in [-0.2, -0.15) is 0 Å². The molecule has 0 heterocycles. The summed E-state index contributed by atoms with van der Waals surface area (Å²) >= 11 is 0. The third-order valence-electron chi connectivity index (χ3n) is 9.63. The highest BCUT2D eigenvalue weighted by atomic mass is 15.1. The highest BCUT2D eigenvalue weighted by Crippen LogP contribution is 2.40. The monoisotopic (exact) mass is 623 g/mol. The Kier molecular flexibility index (Phi) is 7.22. The molecular weight excluding hydrogens is 591 g/mol. The SMILES string of the molecule is c1ccc(-c2cccc(-c3ccc4c5ccc(-c6ccc(N(c7ccccc7)c7ccccc7)cc6)cc5c5ccccc5c4c3)c2)cc1. The molecule has 1 heteroatoms. The lowest BCUT2D eigenvalue weighted by Gasteiger charge is -2.25. The Morgan fingerprint density at radius 3 is 1.10 bits per heavy atom. The van der Waals surface area contributed by atoms with Gasteiger partial charge in [0.25, 0.3) is 0 Å². The van der Waals surface area contributed by atoms with Crippen LogP contribution in [0.25, 0.3) is 65.7 Å². The lowest BCUT2D eigenvalue weighted by atomic mass is 9.90. The summed E-state index contributed by atoms with van der Waals surface area (Å²) in [6.07, 6.45) is 0. The molecule has 0 aliphatic carbocycles. The van der Waals surface area contributed by atoms with Gasteiger partial charge in [0.1, 0.15) is 0 Å². The topological polar surface area (TPSA) is 3.24 Å². The molecule has 9 aromatic rings. The average molecular weight is 624 g/mol. The summed E-state index contributed by atoms with van der Waals surface area (Å²) in [4.78, 5) is 2.30. The number of fused-ring (bicyclic) bond motifs is 6. The van der Waals surface area contributed by atoms with E-state index in [0.717, 1.165) is 17.1 Å². The Morgan fingerprint density at radius 1 is 0.204 bits per heavy atom. The standard InChI is InChI=1S/C48H33N/c1-4-13-34(14-5-1)36-15-12-16-37(31-36)39-26-30-46-45-29-25-38(32-47(45)43-21-10-11-22-44(43)48(46)33-39)35-23-27-42(28-24-35)49(40-17-6-2-7-18-40)41-19-8-3-9-20-41/h1-33H. The van der Waals surface area contributed by atoms with Crippen molar-refractivity contribution in [1.29, 1.82) is 0 Å². The van der Waals surface area contributed by atoms with Crippen molar-refractivity contribution in [2.75, 3.05) is 4.90 Å². The quantitative estimate of drug-likeness (QED) is 0.167. The zero-order valence-corrected chi connectivity index (χ0v) is 27.0. The second-order valence-electron chi connectivity index (χ2n) is 12.6. The molecule has 9 aromatic carbocycles. The van der Waals surface area contributed by atoms with E-state index in [1.165, 1.54) is 65.7 Å². The largest absolute Gasteiger partial charge is 0.311 e. The number of hydrogen-bond donors (Lipinski definition) is 0. The van der Waals surface area contributed by atoms with E-state index in [1.54, 1.807) is 0 Å². The minimum atomic E-state index is 1.13. The maximum atomic E-state index is 2.37. The molecule has 0 amide bonds. The minimum absolute atomic E-state index is 1.13. The Balaban J connectivity index is 1.13. The molecule has 0 N–H and O–H groups in total. The van der Waals surface area contributed by atoms with Crippen molar-refractivity contribution in [2.24, 2.45) is 0 Å². The molecule has 0 aromatic heterocycles. The zero-order chi connectivity index (χ0) is 32.6. The van der Waals surface area contributed by atoms with E-state index in [0.29, 0.717) is 0 Å². The third-order valence-corrected chi connectivity index (χ3v) is 9.63. The van der Waals surface area contributed by atoms with Crippen LogP contribution in [0, 0.1) is 0 Å². The minimum Gasteiger partial charge on any atom is -0.311 e. The fourth-order valence-electron chi connectivity index (χ4n) is 7.23. The molecule has 0 saturated heterocycles. The van der Waals surface area contributed by atoms with E-state index in [1.807, 2.05) is 0 Å². The number of benzene rings is 9. The molecule has 0 aliphatic heterocycles. The van der Waals surface area contributed by atoms with Crippen LogP contribution >= 0.6 is 0 Å². The summed E-state index contributed by atoms with van der Waals surface area (Å²) in [5.41, 5.74) is 10.7. The molecule has 1 nitrogen and oxygen atoms in total. The predicted molar refractivity (Wildman–Crippen MR) is 210 cm³/mol.